The molecule has 1 saturated heterocycles. The number of alkyl carbamates (subject to hydrolysis) is 1. The van der Waals surface area contributed by atoms with Gasteiger partial charge in [0.1, 0.15) is 11.9 Å². The van der Waals surface area contributed by atoms with Crippen molar-refractivity contribution in [2.75, 3.05) is 13.1 Å². The monoisotopic (exact) mass is 343 g/mol. The molecule has 1 aromatic heterocycles. The van der Waals surface area contributed by atoms with Crippen molar-refractivity contribution < 1.29 is 14.3 Å². The Morgan fingerprint density at radius 2 is 2.24 bits per heavy atom. The van der Waals surface area contributed by atoms with Crippen molar-refractivity contribution in [1.29, 1.82) is 0 Å². The number of carbonyl (C=O) groups excluding carboxylic acids is 1. The number of hydrogen-bond donors (Lipinski definition) is 2. The van der Waals surface area contributed by atoms with Crippen LogP contribution in [0.4, 0.5) is 4.79 Å². The number of piperidine rings is 1. The van der Waals surface area contributed by atoms with E-state index in [0.717, 1.165) is 29.5 Å². The Kier molecular flexibility index (Phi) is 5.71. The highest BCUT2D eigenvalue weighted by Crippen LogP contribution is 2.23. The quantitative estimate of drug-likeness (QED) is 0.873. The molecule has 0 spiro atoms. The summed E-state index contributed by atoms with van der Waals surface area (Å²) in [6, 6.07) is 7.95. The first-order valence-electron chi connectivity index (χ1n) is 8.78. The van der Waals surface area contributed by atoms with Crippen molar-refractivity contribution in [1.82, 2.24) is 15.6 Å². The fraction of sp³-hybridized carbons (Fsp3) is 0.474. The Morgan fingerprint density at radius 3 is 3.08 bits per heavy atom. The minimum atomic E-state index is -0.384. The average molecular weight is 343 g/mol. The summed E-state index contributed by atoms with van der Waals surface area (Å²) in [6.07, 6.45) is 4.43. The number of nitrogens with zero attached hydrogens (tertiary/aromatic N) is 1. The van der Waals surface area contributed by atoms with E-state index in [0.29, 0.717) is 18.9 Å². The molecular formula is C19H25N3O3. The van der Waals surface area contributed by atoms with Crippen LogP contribution in [0.3, 0.4) is 0 Å². The molecule has 0 bridgehead atoms. The molecule has 0 saturated carbocycles. The van der Waals surface area contributed by atoms with Crippen LogP contribution in [0.25, 0.3) is 10.8 Å². The number of fused-ring (bicyclic) bond motifs is 1. The fourth-order valence-electron chi connectivity index (χ4n) is 2.83. The van der Waals surface area contributed by atoms with Crippen LogP contribution in [-0.4, -0.2) is 36.5 Å². The minimum Gasteiger partial charge on any atom is -0.490 e. The van der Waals surface area contributed by atoms with Crippen LogP contribution in [0.15, 0.2) is 36.7 Å². The molecule has 25 heavy (non-hydrogen) atoms. The maximum atomic E-state index is 11.8. The van der Waals surface area contributed by atoms with E-state index in [4.69, 9.17) is 9.47 Å². The lowest BCUT2D eigenvalue weighted by molar-refractivity contribution is 0.0201. The zero-order valence-corrected chi connectivity index (χ0v) is 14.7. The second-order valence-corrected chi connectivity index (χ2v) is 6.77. The van der Waals surface area contributed by atoms with Crippen molar-refractivity contribution in [2.45, 2.75) is 39.0 Å². The molecule has 0 radical (unpaired) electrons. The van der Waals surface area contributed by atoms with Crippen molar-refractivity contribution in [3.05, 3.63) is 36.7 Å². The van der Waals surface area contributed by atoms with E-state index in [1.54, 1.807) is 6.20 Å². The summed E-state index contributed by atoms with van der Waals surface area (Å²) in [5, 5.41) is 8.16. The molecule has 0 unspecified atom stereocenters. The number of amides is 1. The number of rotatable bonds is 5. The number of nitrogens with one attached hydrogen (secondary N) is 2. The van der Waals surface area contributed by atoms with Gasteiger partial charge in [0.05, 0.1) is 0 Å². The van der Waals surface area contributed by atoms with Gasteiger partial charge in [-0.05, 0) is 42.0 Å². The standard InChI is InChI=1S/C19H25N3O3/c1-13(2)11-22-19(23)25-18-10-17(6-8-21-18)24-16-4-3-15-12-20-7-5-14(15)9-16/h3-5,7,9,12-13,17-18,21H,6,8,10-11H2,1-2H3,(H,22,23)/t17-,18-/m0/s1. The average Bonchev–Trinajstić information content (AvgIpc) is 2.60. The summed E-state index contributed by atoms with van der Waals surface area (Å²) in [6.45, 7) is 5.45. The molecular weight excluding hydrogens is 318 g/mol. The van der Waals surface area contributed by atoms with Crippen molar-refractivity contribution >= 4 is 16.9 Å². The molecule has 3 rings (SSSR count). The van der Waals surface area contributed by atoms with Gasteiger partial charge in [-0.1, -0.05) is 13.8 Å². The number of aromatic nitrogens is 1. The van der Waals surface area contributed by atoms with E-state index in [-0.39, 0.29) is 18.4 Å². The van der Waals surface area contributed by atoms with Crippen LogP contribution in [0.2, 0.25) is 0 Å². The Bertz CT molecular complexity index is 720. The van der Waals surface area contributed by atoms with Crippen LogP contribution in [0.1, 0.15) is 26.7 Å². The summed E-state index contributed by atoms with van der Waals surface area (Å²) in [5.74, 6) is 1.22. The SMILES string of the molecule is CC(C)CNC(=O)O[C@H]1C[C@@H](Oc2ccc3cnccc3c2)CCN1. The van der Waals surface area contributed by atoms with Gasteiger partial charge >= 0.3 is 6.09 Å². The van der Waals surface area contributed by atoms with Crippen molar-refractivity contribution in [3.63, 3.8) is 0 Å². The molecule has 2 heterocycles. The van der Waals surface area contributed by atoms with E-state index in [1.165, 1.54) is 0 Å². The third kappa shape index (κ3) is 5.06. The molecule has 1 aromatic carbocycles. The third-order valence-corrected chi connectivity index (χ3v) is 4.13. The van der Waals surface area contributed by atoms with Gasteiger partial charge in [-0.25, -0.2) is 4.79 Å². The van der Waals surface area contributed by atoms with Gasteiger partial charge in [-0.15, -0.1) is 0 Å². The molecule has 6 nitrogen and oxygen atoms in total. The van der Waals surface area contributed by atoms with Crippen molar-refractivity contribution in [3.8, 4) is 5.75 Å². The molecule has 2 atom stereocenters. The summed E-state index contributed by atoms with van der Waals surface area (Å²) in [5.41, 5.74) is 0. The van der Waals surface area contributed by atoms with E-state index < -0.39 is 0 Å². The molecule has 6 heteroatoms. The highest BCUT2D eigenvalue weighted by atomic mass is 16.6. The third-order valence-electron chi connectivity index (χ3n) is 4.13. The summed E-state index contributed by atoms with van der Waals surface area (Å²) < 4.78 is 11.5. The Labute approximate surface area is 147 Å². The second-order valence-electron chi connectivity index (χ2n) is 6.77. The number of ether oxygens (including phenoxy) is 2. The maximum Gasteiger partial charge on any atom is 0.408 e. The zero-order valence-electron chi connectivity index (χ0n) is 14.7. The molecule has 2 N–H and O–H groups in total. The topological polar surface area (TPSA) is 72.5 Å². The molecule has 0 aliphatic carbocycles. The van der Waals surface area contributed by atoms with Crippen LogP contribution in [0.5, 0.6) is 5.75 Å². The number of pyridine rings is 1. The molecule has 1 aliphatic rings. The first kappa shape index (κ1) is 17.5. The largest absolute Gasteiger partial charge is 0.490 e. The lowest BCUT2D eigenvalue weighted by atomic mass is 10.1. The van der Waals surface area contributed by atoms with Gasteiger partial charge in [-0.3, -0.25) is 10.3 Å². The summed E-state index contributed by atoms with van der Waals surface area (Å²) in [7, 11) is 0. The highest BCUT2D eigenvalue weighted by molar-refractivity contribution is 5.82. The highest BCUT2D eigenvalue weighted by Gasteiger charge is 2.25. The lowest BCUT2D eigenvalue weighted by Gasteiger charge is -2.30. The Balaban J connectivity index is 1.54. The Hall–Kier alpha value is -2.34. The van der Waals surface area contributed by atoms with Gasteiger partial charge in [0, 0.05) is 37.3 Å². The zero-order chi connectivity index (χ0) is 17.6. The smallest absolute Gasteiger partial charge is 0.408 e. The summed E-state index contributed by atoms with van der Waals surface area (Å²) in [4.78, 5) is 15.9. The first-order chi connectivity index (χ1) is 12.1. The van der Waals surface area contributed by atoms with Crippen LogP contribution < -0.4 is 15.4 Å². The van der Waals surface area contributed by atoms with E-state index in [1.807, 2.05) is 44.3 Å². The lowest BCUT2D eigenvalue weighted by Crippen LogP contribution is -2.46. The minimum absolute atomic E-state index is 0.0171. The molecule has 2 aromatic rings. The van der Waals surface area contributed by atoms with E-state index in [2.05, 4.69) is 15.6 Å². The summed E-state index contributed by atoms with van der Waals surface area (Å²) >= 11 is 0. The predicted octanol–water partition coefficient (Wildman–Crippen LogP) is 3.07. The normalized spacial score (nSPS) is 20.4. The number of benzene rings is 1. The molecule has 1 aliphatic heterocycles. The van der Waals surface area contributed by atoms with Crippen LogP contribution in [-0.2, 0) is 4.74 Å². The predicted molar refractivity (Wildman–Crippen MR) is 96.5 cm³/mol. The number of carbonyl (C=O) groups is 1. The van der Waals surface area contributed by atoms with E-state index in [9.17, 15) is 4.79 Å². The van der Waals surface area contributed by atoms with Crippen LogP contribution in [0, 0.1) is 5.92 Å². The van der Waals surface area contributed by atoms with E-state index >= 15 is 0 Å². The molecule has 1 amide bonds. The van der Waals surface area contributed by atoms with Crippen LogP contribution >= 0.6 is 0 Å². The molecule has 1 fully saturated rings. The van der Waals surface area contributed by atoms with Gasteiger partial charge < -0.3 is 14.8 Å². The Morgan fingerprint density at radius 1 is 1.36 bits per heavy atom. The van der Waals surface area contributed by atoms with Gasteiger partial charge in [0.15, 0.2) is 6.23 Å². The van der Waals surface area contributed by atoms with Gasteiger partial charge in [-0.2, -0.15) is 0 Å². The molecule has 134 valence electrons. The first-order valence-corrected chi connectivity index (χ1v) is 8.78. The second kappa shape index (κ2) is 8.16. The van der Waals surface area contributed by atoms with Gasteiger partial charge in [0.2, 0.25) is 0 Å². The van der Waals surface area contributed by atoms with Gasteiger partial charge in [0.25, 0.3) is 0 Å². The fourth-order valence-corrected chi connectivity index (χ4v) is 2.83. The van der Waals surface area contributed by atoms with Crippen molar-refractivity contribution in [2.24, 2.45) is 5.92 Å². The maximum absolute atomic E-state index is 11.8. The number of hydrogen-bond acceptors (Lipinski definition) is 5.